The highest BCUT2D eigenvalue weighted by Gasteiger charge is 2.17. The largest absolute Gasteiger partial charge is 0.497 e. The minimum absolute atomic E-state index is 0.617. The van der Waals surface area contributed by atoms with E-state index in [9.17, 15) is 0 Å². The Bertz CT molecular complexity index is 936. The van der Waals surface area contributed by atoms with Crippen molar-refractivity contribution in [3.8, 4) is 33.7 Å². The van der Waals surface area contributed by atoms with Gasteiger partial charge in [-0.1, -0.05) is 11.3 Å². The summed E-state index contributed by atoms with van der Waals surface area (Å²) in [6.07, 6.45) is 1.62. The quantitative estimate of drug-likeness (QED) is 0.573. The first kappa shape index (κ1) is 13.8. The molecule has 0 atom stereocenters. The van der Waals surface area contributed by atoms with Crippen LogP contribution in [0.3, 0.4) is 0 Å². The van der Waals surface area contributed by atoms with Crippen molar-refractivity contribution in [1.82, 2.24) is 19.8 Å². The Morgan fingerprint density at radius 2 is 1.87 bits per heavy atom. The van der Waals surface area contributed by atoms with Crippen molar-refractivity contribution in [2.45, 2.75) is 0 Å². The second-order valence-corrected chi connectivity index (χ2v) is 5.66. The predicted molar refractivity (Wildman–Crippen MR) is 84.9 cm³/mol. The van der Waals surface area contributed by atoms with Gasteiger partial charge in [-0.25, -0.2) is 0 Å². The molecule has 0 aliphatic rings. The highest BCUT2D eigenvalue weighted by Crippen LogP contribution is 2.31. The monoisotopic (exact) mass is 328 g/mol. The first-order valence-corrected chi connectivity index (χ1v) is 7.59. The third-order valence-corrected chi connectivity index (χ3v) is 4.25. The van der Waals surface area contributed by atoms with E-state index in [1.807, 2.05) is 24.3 Å². The van der Waals surface area contributed by atoms with Crippen LogP contribution in [0.1, 0.15) is 0 Å². The third kappa shape index (κ3) is 2.33. The molecule has 0 radical (unpaired) electrons. The van der Waals surface area contributed by atoms with Gasteiger partial charge < -0.3 is 13.9 Å². The van der Waals surface area contributed by atoms with E-state index in [0.717, 1.165) is 10.6 Å². The molecule has 0 amide bonds. The van der Waals surface area contributed by atoms with Crippen molar-refractivity contribution >= 4 is 16.3 Å². The molecule has 0 aliphatic heterocycles. The minimum atomic E-state index is 0.617. The fourth-order valence-electron chi connectivity index (χ4n) is 2.23. The van der Waals surface area contributed by atoms with E-state index in [1.165, 1.54) is 11.3 Å². The fourth-order valence-corrected chi connectivity index (χ4v) is 3.04. The molecule has 0 unspecified atom stereocenters. The Morgan fingerprint density at radius 3 is 2.52 bits per heavy atom. The fraction of sp³-hybridized carbons (Fsp3) is 0.133. The van der Waals surface area contributed by atoms with E-state index in [1.54, 1.807) is 31.1 Å². The first-order valence-electron chi connectivity index (χ1n) is 6.78. The summed E-state index contributed by atoms with van der Waals surface area (Å²) in [7, 11) is 3.21. The highest BCUT2D eigenvalue weighted by molar-refractivity contribution is 7.19. The number of rotatable bonds is 4. The second-order valence-electron chi connectivity index (χ2n) is 4.70. The zero-order chi connectivity index (χ0) is 15.8. The summed E-state index contributed by atoms with van der Waals surface area (Å²) in [5, 5.41) is 13.7. The van der Waals surface area contributed by atoms with Gasteiger partial charge in [0.2, 0.25) is 4.96 Å². The maximum atomic E-state index is 5.38. The number of benzene rings is 1. The highest BCUT2D eigenvalue weighted by atomic mass is 32.1. The molecule has 4 rings (SSSR count). The molecule has 0 saturated heterocycles. The third-order valence-electron chi connectivity index (χ3n) is 3.33. The number of methoxy groups -OCH3 is 2. The topological polar surface area (TPSA) is 74.7 Å². The van der Waals surface area contributed by atoms with Gasteiger partial charge in [0, 0.05) is 11.6 Å². The van der Waals surface area contributed by atoms with E-state index in [0.29, 0.717) is 28.0 Å². The molecule has 3 aromatic heterocycles. The molecule has 0 fully saturated rings. The Hall–Kier alpha value is -2.87. The van der Waals surface area contributed by atoms with Gasteiger partial charge in [0.1, 0.15) is 11.5 Å². The summed E-state index contributed by atoms with van der Waals surface area (Å²) >= 11 is 1.41. The molecule has 7 nitrogen and oxygen atoms in total. The maximum Gasteiger partial charge on any atom is 0.235 e. The Morgan fingerprint density at radius 1 is 1.09 bits per heavy atom. The van der Waals surface area contributed by atoms with Gasteiger partial charge in [0.05, 0.1) is 20.5 Å². The van der Waals surface area contributed by atoms with Crippen molar-refractivity contribution in [2.24, 2.45) is 0 Å². The zero-order valence-corrected chi connectivity index (χ0v) is 13.2. The minimum Gasteiger partial charge on any atom is -0.497 e. The number of hydrogen-bond acceptors (Lipinski definition) is 7. The van der Waals surface area contributed by atoms with Crippen LogP contribution in [0.25, 0.3) is 27.1 Å². The van der Waals surface area contributed by atoms with Crippen molar-refractivity contribution < 1.29 is 13.9 Å². The number of hydrogen-bond donors (Lipinski definition) is 0. The van der Waals surface area contributed by atoms with Crippen molar-refractivity contribution in [3.05, 3.63) is 36.6 Å². The molecule has 116 valence electrons. The maximum absolute atomic E-state index is 5.38. The van der Waals surface area contributed by atoms with E-state index < -0.39 is 0 Å². The summed E-state index contributed by atoms with van der Waals surface area (Å²) in [5.41, 5.74) is 0.810. The smallest absolute Gasteiger partial charge is 0.235 e. The van der Waals surface area contributed by atoms with Crippen LogP contribution in [0.2, 0.25) is 0 Å². The summed E-state index contributed by atoms with van der Waals surface area (Å²) in [6, 6.07) is 9.22. The van der Waals surface area contributed by atoms with Crippen LogP contribution < -0.4 is 9.47 Å². The number of fused-ring (bicyclic) bond motifs is 1. The average molecular weight is 328 g/mol. The summed E-state index contributed by atoms with van der Waals surface area (Å²) in [5.74, 6) is 2.68. The first-order chi connectivity index (χ1) is 11.3. The van der Waals surface area contributed by atoms with Crippen LogP contribution >= 0.6 is 11.3 Å². The predicted octanol–water partition coefficient (Wildman–Crippen LogP) is 3.13. The summed E-state index contributed by atoms with van der Waals surface area (Å²) in [4.78, 5) is 0.688. The SMILES string of the molecule is COc1cc(OC)cc(-c2nnc3sc(-c4ccco4)nn23)c1. The molecule has 1 aromatic carbocycles. The van der Waals surface area contributed by atoms with E-state index in [-0.39, 0.29) is 0 Å². The van der Waals surface area contributed by atoms with E-state index in [4.69, 9.17) is 13.9 Å². The van der Waals surface area contributed by atoms with Crippen LogP contribution in [0.5, 0.6) is 11.5 Å². The molecule has 0 aliphatic carbocycles. The normalized spacial score (nSPS) is 11.0. The molecule has 0 N–H and O–H groups in total. The molecule has 8 heteroatoms. The Labute approximate surface area is 135 Å². The molecular formula is C15H12N4O3S. The average Bonchev–Trinajstić information content (AvgIpc) is 3.29. The number of aromatic nitrogens is 4. The molecule has 0 spiro atoms. The molecule has 0 bridgehead atoms. The lowest BCUT2D eigenvalue weighted by molar-refractivity contribution is 0.394. The molecule has 4 aromatic rings. The van der Waals surface area contributed by atoms with Crippen LogP contribution in [-0.2, 0) is 0 Å². The lowest BCUT2D eigenvalue weighted by Gasteiger charge is -2.06. The van der Waals surface area contributed by atoms with Gasteiger partial charge in [-0.2, -0.15) is 4.52 Å². The van der Waals surface area contributed by atoms with Crippen LogP contribution in [0.15, 0.2) is 41.0 Å². The van der Waals surface area contributed by atoms with Gasteiger partial charge in [0.15, 0.2) is 16.6 Å². The zero-order valence-electron chi connectivity index (χ0n) is 12.4. The molecule has 0 saturated carbocycles. The number of furan rings is 1. The van der Waals surface area contributed by atoms with Gasteiger partial charge in [0.25, 0.3) is 0 Å². The van der Waals surface area contributed by atoms with Crippen LogP contribution in [0, 0.1) is 0 Å². The van der Waals surface area contributed by atoms with Crippen molar-refractivity contribution in [1.29, 1.82) is 0 Å². The van der Waals surface area contributed by atoms with Gasteiger partial charge >= 0.3 is 0 Å². The summed E-state index contributed by atoms with van der Waals surface area (Å²) in [6.45, 7) is 0. The second kappa shape index (κ2) is 5.40. The number of nitrogens with zero attached hydrogens (tertiary/aromatic N) is 4. The van der Waals surface area contributed by atoms with E-state index in [2.05, 4.69) is 15.3 Å². The lowest BCUT2D eigenvalue weighted by atomic mass is 10.2. The van der Waals surface area contributed by atoms with Gasteiger partial charge in [-0.3, -0.25) is 0 Å². The van der Waals surface area contributed by atoms with Gasteiger partial charge in [-0.15, -0.1) is 15.3 Å². The molecule has 23 heavy (non-hydrogen) atoms. The lowest BCUT2D eigenvalue weighted by Crippen LogP contribution is -1.93. The van der Waals surface area contributed by atoms with Crippen molar-refractivity contribution in [3.63, 3.8) is 0 Å². The van der Waals surface area contributed by atoms with E-state index >= 15 is 0 Å². The Balaban J connectivity index is 1.86. The van der Waals surface area contributed by atoms with Gasteiger partial charge in [-0.05, 0) is 24.3 Å². The standard InChI is InChI=1S/C15H12N4O3S/c1-20-10-6-9(7-11(8-10)21-2)13-16-17-15-19(13)18-14(23-15)12-4-3-5-22-12/h3-8H,1-2H3. The number of ether oxygens (including phenoxy) is 2. The van der Waals surface area contributed by atoms with Crippen LogP contribution in [0.4, 0.5) is 0 Å². The summed E-state index contributed by atoms with van der Waals surface area (Å²) < 4.78 is 17.7. The van der Waals surface area contributed by atoms with Crippen LogP contribution in [-0.4, -0.2) is 34.0 Å². The molecular weight excluding hydrogens is 316 g/mol. The Kier molecular flexibility index (Phi) is 3.23. The van der Waals surface area contributed by atoms with Crippen molar-refractivity contribution in [2.75, 3.05) is 14.2 Å². The molecule has 3 heterocycles.